The third kappa shape index (κ3) is 4.77. The number of hydrogen-bond donors (Lipinski definition) is 2. The summed E-state index contributed by atoms with van der Waals surface area (Å²) in [6, 6.07) is 0. The maximum atomic E-state index is 4.62. The van der Waals surface area contributed by atoms with E-state index in [9.17, 15) is 0 Å². The second-order valence-corrected chi connectivity index (χ2v) is 9.15. The second kappa shape index (κ2) is 9.18. The third-order valence-corrected chi connectivity index (χ3v) is 7.17. The third-order valence-electron chi connectivity index (χ3n) is 6.10. The lowest BCUT2D eigenvalue weighted by Gasteiger charge is -2.48. The molecule has 0 spiro atoms. The van der Waals surface area contributed by atoms with Crippen molar-refractivity contribution in [2.45, 2.75) is 77.3 Å². The highest BCUT2D eigenvalue weighted by Gasteiger charge is 2.38. The molecule has 2 aliphatic rings. The molecule has 0 bridgehead atoms. The molecular formula is C20H35N5S. The Bertz CT molecular complexity index is 578. The minimum atomic E-state index is 0.324. The molecule has 146 valence electrons. The fourth-order valence-electron chi connectivity index (χ4n) is 4.43. The number of aliphatic imine (C=N–C) groups is 1. The fourth-order valence-corrected chi connectivity index (χ4v) is 5.30. The number of nitrogens with zero attached hydrogens (tertiary/aromatic N) is 3. The Labute approximate surface area is 162 Å². The van der Waals surface area contributed by atoms with Gasteiger partial charge in [-0.3, -0.25) is 9.89 Å². The Morgan fingerprint density at radius 2 is 1.77 bits per heavy atom. The minimum Gasteiger partial charge on any atom is -0.355 e. The van der Waals surface area contributed by atoms with Crippen molar-refractivity contribution < 1.29 is 0 Å². The fraction of sp³-hybridized carbons (Fsp3) is 0.800. The number of guanidine groups is 1. The largest absolute Gasteiger partial charge is 0.355 e. The van der Waals surface area contributed by atoms with Crippen LogP contribution in [0.3, 0.4) is 0 Å². The standard InChI is InChI=1S/C20H35N5S/c1-16-17(2)26-18(24-16)14-22-19(21-3)23-15-20(10-6-4-7-11-20)25-12-8-5-9-13-25/h4-15H2,1-3H3,(H2,21,22,23). The van der Waals surface area contributed by atoms with Gasteiger partial charge in [0.05, 0.1) is 12.2 Å². The molecule has 1 saturated heterocycles. The first-order valence-corrected chi connectivity index (χ1v) is 11.1. The van der Waals surface area contributed by atoms with Gasteiger partial charge in [-0.15, -0.1) is 11.3 Å². The highest BCUT2D eigenvalue weighted by Crippen LogP contribution is 2.35. The van der Waals surface area contributed by atoms with Gasteiger partial charge in [-0.2, -0.15) is 0 Å². The summed E-state index contributed by atoms with van der Waals surface area (Å²) in [4.78, 5) is 13.1. The van der Waals surface area contributed by atoms with Crippen molar-refractivity contribution in [3.63, 3.8) is 0 Å². The molecule has 0 atom stereocenters. The van der Waals surface area contributed by atoms with E-state index < -0.39 is 0 Å². The predicted molar refractivity (Wildman–Crippen MR) is 111 cm³/mol. The maximum Gasteiger partial charge on any atom is 0.191 e. The number of piperidine rings is 1. The van der Waals surface area contributed by atoms with Crippen molar-refractivity contribution in [2.75, 3.05) is 26.7 Å². The van der Waals surface area contributed by atoms with Crippen LogP contribution in [0.1, 0.15) is 66.9 Å². The Kier molecular flexibility index (Phi) is 6.92. The van der Waals surface area contributed by atoms with Crippen molar-refractivity contribution in [1.29, 1.82) is 0 Å². The highest BCUT2D eigenvalue weighted by atomic mass is 32.1. The Balaban J connectivity index is 1.57. The molecule has 2 heterocycles. The van der Waals surface area contributed by atoms with Crippen LogP contribution in [0.15, 0.2) is 4.99 Å². The molecule has 1 aromatic rings. The van der Waals surface area contributed by atoms with E-state index in [0.717, 1.165) is 29.8 Å². The van der Waals surface area contributed by atoms with E-state index in [1.807, 2.05) is 7.05 Å². The summed E-state index contributed by atoms with van der Waals surface area (Å²) in [6.45, 7) is 8.50. The zero-order valence-electron chi connectivity index (χ0n) is 16.7. The summed E-state index contributed by atoms with van der Waals surface area (Å²) in [5.41, 5.74) is 1.46. The van der Waals surface area contributed by atoms with Gasteiger partial charge < -0.3 is 10.6 Å². The van der Waals surface area contributed by atoms with Crippen LogP contribution in [0.4, 0.5) is 0 Å². The molecule has 1 aliphatic heterocycles. The lowest BCUT2D eigenvalue weighted by atomic mass is 9.79. The highest BCUT2D eigenvalue weighted by molar-refractivity contribution is 7.11. The molecule has 26 heavy (non-hydrogen) atoms. The Hall–Kier alpha value is -1.14. The summed E-state index contributed by atoms with van der Waals surface area (Å²) < 4.78 is 0. The van der Waals surface area contributed by atoms with E-state index in [0.29, 0.717) is 5.54 Å². The molecule has 0 unspecified atom stereocenters. The van der Waals surface area contributed by atoms with Crippen LogP contribution in [-0.4, -0.2) is 48.1 Å². The van der Waals surface area contributed by atoms with Gasteiger partial charge in [0, 0.05) is 24.0 Å². The van der Waals surface area contributed by atoms with Crippen LogP contribution in [0, 0.1) is 13.8 Å². The van der Waals surface area contributed by atoms with Crippen molar-refractivity contribution in [3.8, 4) is 0 Å². The zero-order chi connectivity index (χ0) is 18.4. The lowest BCUT2D eigenvalue weighted by Crippen LogP contribution is -2.59. The molecule has 2 fully saturated rings. The first-order chi connectivity index (χ1) is 12.6. The van der Waals surface area contributed by atoms with Crippen molar-refractivity contribution >= 4 is 17.3 Å². The van der Waals surface area contributed by atoms with E-state index >= 15 is 0 Å². The normalized spacial score (nSPS) is 21.6. The van der Waals surface area contributed by atoms with Gasteiger partial charge in [-0.25, -0.2) is 4.98 Å². The molecule has 0 radical (unpaired) electrons. The first kappa shape index (κ1) is 19.6. The predicted octanol–water partition coefficient (Wildman–Crippen LogP) is 3.61. The number of nitrogens with one attached hydrogen (secondary N) is 2. The molecule has 1 aromatic heterocycles. The van der Waals surface area contributed by atoms with Gasteiger partial charge in [0.25, 0.3) is 0 Å². The van der Waals surface area contributed by atoms with Gasteiger partial charge >= 0.3 is 0 Å². The summed E-state index contributed by atoms with van der Waals surface area (Å²) >= 11 is 1.77. The van der Waals surface area contributed by atoms with Crippen LogP contribution in [0.2, 0.25) is 0 Å². The summed E-state index contributed by atoms with van der Waals surface area (Å²) in [7, 11) is 1.86. The van der Waals surface area contributed by atoms with Gasteiger partial charge in [0.1, 0.15) is 5.01 Å². The lowest BCUT2D eigenvalue weighted by molar-refractivity contribution is 0.0368. The molecule has 3 rings (SSSR count). The van der Waals surface area contributed by atoms with Gasteiger partial charge in [0.2, 0.25) is 0 Å². The van der Waals surface area contributed by atoms with Crippen LogP contribution >= 0.6 is 11.3 Å². The number of aromatic nitrogens is 1. The Morgan fingerprint density at radius 3 is 2.38 bits per heavy atom. The topological polar surface area (TPSA) is 52.6 Å². The number of likely N-dealkylation sites (tertiary alicyclic amines) is 1. The zero-order valence-corrected chi connectivity index (χ0v) is 17.6. The van der Waals surface area contributed by atoms with E-state index in [1.54, 1.807) is 11.3 Å². The number of aryl methyl sites for hydroxylation is 2. The average molecular weight is 378 g/mol. The van der Waals surface area contributed by atoms with Crippen molar-refractivity contribution in [2.24, 2.45) is 4.99 Å². The van der Waals surface area contributed by atoms with Gasteiger partial charge in [-0.05, 0) is 52.6 Å². The number of rotatable bonds is 5. The molecular weight excluding hydrogens is 342 g/mol. The molecule has 0 aromatic carbocycles. The first-order valence-electron chi connectivity index (χ1n) is 10.3. The van der Waals surface area contributed by atoms with Gasteiger partial charge in [-0.1, -0.05) is 25.7 Å². The summed E-state index contributed by atoms with van der Waals surface area (Å²) in [5.74, 6) is 0.900. The molecule has 2 N–H and O–H groups in total. The molecule has 6 heteroatoms. The van der Waals surface area contributed by atoms with Crippen LogP contribution < -0.4 is 10.6 Å². The van der Waals surface area contributed by atoms with Gasteiger partial charge in [0.15, 0.2) is 5.96 Å². The van der Waals surface area contributed by atoms with Crippen molar-refractivity contribution in [1.82, 2.24) is 20.5 Å². The quantitative estimate of drug-likeness (QED) is 0.608. The Morgan fingerprint density at radius 1 is 1.08 bits per heavy atom. The monoisotopic (exact) mass is 377 g/mol. The van der Waals surface area contributed by atoms with Crippen LogP contribution in [0.25, 0.3) is 0 Å². The molecule has 1 saturated carbocycles. The van der Waals surface area contributed by atoms with Crippen molar-refractivity contribution in [3.05, 3.63) is 15.6 Å². The summed E-state index contributed by atoms with van der Waals surface area (Å²) in [5, 5.41) is 8.23. The molecule has 1 aliphatic carbocycles. The number of hydrogen-bond acceptors (Lipinski definition) is 4. The van der Waals surface area contributed by atoms with E-state index in [-0.39, 0.29) is 0 Å². The van der Waals surface area contributed by atoms with Crippen LogP contribution in [-0.2, 0) is 6.54 Å². The SMILES string of the molecule is CN=C(NCc1nc(C)c(C)s1)NCC1(N2CCCCC2)CCCCC1. The molecule has 0 amide bonds. The average Bonchev–Trinajstić information content (AvgIpc) is 3.01. The second-order valence-electron chi connectivity index (χ2n) is 7.86. The maximum absolute atomic E-state index is 4.62. The summed E-state index contributed by atoms with van der Waals surface area (Å²) in [6.07, 6.45) is 10.9. The van der Waals surface area contributed by atoms with Crippen LogP contribution in [0.5, 0.6) is 0 Å². The number of thiazole rings is 1. The smallest absolute Gasteiger partial charge is 0.191 e. The van der Waals surface area contributed by atoms with E-state index in [1.165, 1.54) is 69.3 Å². The molecule has 5 nitrogen and oxygen atoms in total. The minimum absolute atomic E-state index is 0.324. The van der Waals surface area contributed by atoms with E-state index in [4.69, 9.17) is 0 Å². The van der Waals surface area contributed by atoms with E-state index in [2.05, 4.69) is 39.4 Å².